The van der Waals surface area contributed by atoms with Crippen molar-refractivity contribution in [2.24, 2.45) is 0 Å². The molecule has 0 spiro atoms. The van der Waals surface area contributed by atoms with E-state index < -0.39 is 10.0 Å². The molecular formula is C14H21N3O2S. The molecule has 0 saturated carbocycles. The van der Waals surface area contributed by atoms with Crippen LogP contribution in [0.5, 0.6) is 0 Å². The standard InChI is InChI=1S/C14H21N3O2S/c1-12-6-7-13(11-15)10-14(12)20(18,19)17(4)9-5-8-16(2)3/h6-7,10H,5,8-9H2,1-4H3. The second-order valence-electron chi connectivity index (χ2n) is 5.08. The van der Waals surface area contributed by atoms with Gasteiger partial charge in [-0.15, -0.1) is 0 Å². The van der Waals surface area contributed by atoms with Gasteiger partial charge in [0.1, 0.15) is 0 Å². The lowest BCUT2D eigenvalue weighted by molar-refractivity contribution is 0.370. The van der Waals surface area contributed by atoms with Crippen LogP contribution in [0.4, 0.5) is 0 Å². The summed E-state index contributed by atoms with van der Waals surface area (Å²) in [5.74, 6) is 0. The van der Waals surface area contributed by atoms with Gasteiger partial charge >= 0.3 is 0 Å². The average Bonchev–Trinajstić information content (AvgIpc) is 2.38. The molecule has 0 aliphatic rings. The maximum absolute atomic E-state index is 12.5. The molecule has 0 heterocycles. The van der Waals surface area contributed by atoms with Crippen molar-refractivity contribution in [1.29, 1.82) is 5.26 Å². The molecule has 5 nitrogen and oxygen atoms in total. The van der Waals surface area contributed by atoms with Gasteiger partial charge < -0.3 is 4.90 Å². The molecule has 0 atom stereocenters. The molecule has 0 saturated heterocycles. The van der Waals surface area contributed by atoms with Crippen molar-refractivity contribution in [2.45, 2.75) is 18.2 Å². The molecule has 110 valence electrons. The van der Waals surface area contributed by atoms with E-state index in [0.29, 0.717) is 17.7 Å². The fourth-order valence-corrected chi connectivity index (χ4v) is 3.30. The van der Waals surface area contributed by atoms with Gasteiger partial charge in [0, 0.05) is 13.6 Å². The fourth-order valence-electron chi connectivity index (χ4n) is 1.85. The molecule has 1 aromatic carbocycles. The topological polar surface area (TPSA) is 64.4 Å². The number of hydrogen-bond donors (Lipinski definition) is 0. The Morgan fingerprint density at radius 1 is 1.20 bits per heavy atom. The molecule has 0 unspecified atom stereocenters. The first-order chi connectivity index (χ1) is 9.28. The highest BCUT2D eigenvalue weighted by Gasteiger charge is 2.22. The van der Waals surface area contributed by atoms with Gasteiger partial charge in [-0.25, -0.2) is 12.7 Å². The number of rotatable bonds is 6. The number of benzene rings is 1. The molecule has 0 N–H and O–H groups in total. The van der Waals surface area contributed by atoms with E-state index in [-0.39, 0.29) is 4.90 Å². The lowest BCUT2D eigenvalue weighted by Gasteiger charge is -2.19. The normalized spacial score (nSPS) is 11.8. The summed E-state index contributed by atoms with van der Waals surface area (Å²) in [6, 6.07) is 6.70. The zero-order valence-corrected chi connectivity index (χ0v) is 13.2. The quantitative estimate of drug-likeness (QED) is 0.796. The molecule has 0 fully saturated rings. The third-order valence-corrected chi connectivity index (χ3v) is 5.08. The van der Waals surface area contributed by atoms with Gasteiger partial charge in [0.2, 0.25) is 10.0 Å². The molecular weight excluding hydrogens is 274 g/mol. The Morgan fingerprint density at radius 3 is 2.40 bits per heavy atom. The van der Waals surface area contributed by atoms with Gasteiger partial charge in [-0.1, -0.05) is 6.07 Å². The minimum absolute atomic E-state index is 0.212. The Kier molecular flexibility index (Phi) is 5.69. The average molecular weight is 295 g/mol. The highest BCUT2D eigenvalue weighted by molar-refractivity contribution is 7.89. The molecule has 6 heteroatoms. The van der Waals surface area contributed by atoms with E-state index in [4.69, 9.17) is 5.26 Å². The fraction of sp³-hybridized carbons (Fsp3) is 0.500. The molecule has 0 bridgehead atoms. The van der Waals surface area contributed by atoms with Crippen molar-refractivity contribution in [1.82, 2.24) is 9.21 Å². The molecule has 0 aliphatic heterocycles. The first-order valence-corrected chi connectivity index (χ1v) is 7.85. The van der Waals surface area contributed by atoms with Gasteiger partial charge in [-0.3, -0.25) is 0 Å². The van der Waals surface area contributed by atoms with E-state index in [1.165, 1.54) is 10.4 Å². The van der Waals surface area contributed by atoms with Crippen LogP contribution in [0.3, 0.4) is 0 Å². The zero-order valence-electron chi connectivity index (χ0n) is 12.4. The zero-order chi connectivity index (χ0) is 15.3. The van der Waals surface area contributed by atoms with Crippen molar-refractivity contribution in [3.8, 4) is 6.07 Å². The van der Waals surface area contributed by atoms with Crippen molar-refractivity contribution < 1.29 is 8.42 Å². The summed E-state index contributed by atoms with van der Waals surface area (Å²) in [4.78, 5) is 2.23. The van der Waals surface area contributed by atoms with Crippen LogP contribution in [-0.4, -0.2) is 51.9 Å². The van der Waals surface area contributed by atoms with Crippen molar-refractivity contribution in [3.63, 3.8) is 0 Å². The first-order valence-electron chi connectivity index (χ1n) is 6.41. The predicted molar refractivity (Wildman–Crippen MR) is 78.9 cm³/mol. The third kappa shape index (κ3) is 4.04. The van der Waals surface area contributed by atoms with Crippen molar-refractivity contribution in [2.75, 3.05) is 34.2 Å². The molecule has 0 amide bonds. The molecule has 1 aromatic rings. The molecule has 0 radical (unpaired) electrons. The van der Waals surface area contributed by atoms with Crippen LogP contribution in [0.15, 0.2) is 23.1 Å². The maximum Gasteiger partial charge on any atom is 0.243 e. The summed E-state index contributed by atoms with van der Waals surface area (Å²) in [6.45, 7) is 3.02. The van der Waals surface area contributed by atoms with Gasteiger partial charge in [0.15, 0.2) is 0 Å². The van der Waals surface area contributed by atoms with Crippen LogP contribution >= 0.6 is 0 Å². The van der Waals surface area contributed by atoms with Crippen LogP contribution < -0.4 is 0 Å². The van der Waals surface area contributed by atoms with E-state index in [1.807, 2.05) is 25.1 Å². The van der Waals surface area contributed by atoms with Crippen LogP contribution in [0.1, 0.15) is 17.5 Å². The largest absolute Gasteiger partial charge is 0.309 e. The lowest BCUT2D eigenvalue weighted by atomic mass is 10.2. The number of nitriles is 1. The van der Waals surface area contributed by atoms with Crippen LogP contribution in [0, 0.1) is 18.3 Å². The predicted octanol–water partition coefficient (Wildman–Crippen LogP) is 1.44. The highest BCUT2D eigenvalue weighted by Crippen LogP contribution is 2.20. The van der Waals surface area contributed by atoms with Gasteiger partial charge in [-0.2, -0.15) is 5.26 Å². The molecule has 1 rings (SSSR count). The summed E-state index contributed by atoms with van der Waals surface area (Å²) in [5, 5.41) is 8.90. The lowest BCUT2D eigenvalue weighted by Crippen LogP contribution is -2.30. The smallest absolute Gasteiger partial charge is 0.243 e. The van der Waals surface area contributed by atoms with E-state index in [1.54, 1.807) is 26.1 Å². The monoisotopic (exact) mass is 295 g/mol. The number of sulfonamides is 1. The Morgan fingerprint density at radius 2 is 1.85 bits per heavy atom. The summed E-state index contributed by atoms with van der Waals surface area (Å²) in [6.07, 6.45) is 0.764. The first kappa shape index (κ1) is 16.6. The molecule has 0 aromatic heterocycles. The van der Waals surface area contributed by atoms with E-state index in [0.717, 1.165) is 13.0 Å². The van der Waals surface area contributed by atoms with E-state index in [2.05, 4.69) is 0 Å². The van der Waals surface area contributed by atoms with Gasteiger partial charge in [0.25, 0.3) is 0 Å². The summed E-state index contributed by atoms with van der Waals surface area (Å²) in [7, 11) is 1.94. The van der Waals surface area contributed by atoms with Gasteiger partial charge in [0.05, 0.1) is 16.5 Å². The maximum atomic E-state index is 12.5. The van der Waals surface area contributed by atoms with E-state index >= 15 is 0 Å². The minimum atomic E-state index is -3.54. The highest BCUT2D eigenvalue weighted by atomic mass is 32.2. The Hall–Kier alpha value is -1.42. The molecule has 0 aliphatic carbocycles. The number of hydrogen-bond acceptors (Lipinski definition) is 4. The third-order valence-electron chi connectivity index (χ3n) is 3.08. The molecule has 20 heavy (non-hydrogen) atoms. The van der Waals surface area contributed by atoms with Crippen molar-refractivity contribution >= 4 is 10.0 Å². The van der Waals surface area contributed by atoms with Crippen molar-refractivity contribution in [3.05, 3.63) is 29.3 Å². The second-order valence-corrected chi connectivity index (χ2v) is 7.09. The summed E-state index contributed by atoms with van der Waals surface area (Å²) in [5.41, 5.74) is 1.01. The summed E-state index contributed by atoms with van der Waals surface area (Å²) < 4.78 is 26.3. The summed E-state index contributed by atoms with van der Waals surface area (Å²) >= 11 is 0. The Bertz CT molecular complexity index is 603. The number of aryl methyl sites for hydroxylation is 1. The Balaban J connectivity index is 2.96. The van der Waals surface area contributed by atoms with Crippen LogP contribution in [0.2, 0.25) is 0 Å². The van der Waals surface area contributed by atoms with E-state index in [9.17, 15) is 8.42 Å². The number of nitrogens with zero attached hydrogens (tertiary/aromatic N) is 3. The second kappa shape index (κ2) is 6.84. The minimum Gasteiger partial charge on any atom is -0.309 e. The van der Waals surface area contributed by atoms with Gasteiger partial charge in [-0.05, 0) is 51.7 Å². The van der Waals surface area contributed by atoms with Crippen LogP contribution in [-0.2, 0) is 10.0 Å². The van der Waals surface area contributed by atoms with Crippen LogP contribution in [0.25, 0.3) is 0 Å². The Labute approximate surface area is 121 Å². The SMILES string of the molecule is Cc1ccc(C#N)cc1S(=O)(=O)N(C)CCCN(C)C.